The van der Waals surface area contributed by atoms with Crippen molar-refractivity contribution in [2.75, 3.05) is 19.5 Å². The van der Waals surface area contributed by atoms with Gasteiger partial charge in [-0.3, -0.25) is 4.79 Å². The number of hydrogen-bond donors (Lipinski definition) is 1. The van der Waals surface area contributed by atoms with Crippen molar-refractivity contribution in [1.29, 1.82) is 0 Å². The maximum Gasteiger partial charge on any atom is 0.224 e. The molecule has 0 radical (unpaired) electrons. The number of carbonyl (C=O) groups is 1. The lowest BCUT2D eigenvalue weighted by Crippen LogP contribution is -2.12. The van der Waals surface area contributed by atoms with Crippen molar-refractivity contribution in [3.63, 3.8) is 0 Å². The topological polar surface area (TPSA) is 47.6 Å². The first-order valence-corrected chi connectivity index (χ1v) is 7.61. The van der Waals surface area contributed by atoms with Crippen LogP contribution in [-0.2, 0) is 11.2 Å². The van der Waals surface area contributed by atoms with Gasteiger partial charge in [0, 0.05) is 18.2 Å². The third-order valence-corrected chi connectivity index (χ3v) is 3.79. The molecular formula is C19H23NO3. The Morgan fingerprint density at radius 1 is 1.00 bits per heavy atom. The second kappa shape index (κ2) is 7.68. The first kappa shape index (κ1) is 16.9. The van der Waals surface area contributed by atoms with E-state index in [1.807, 2.05) is 0 Å². The van der Waals surface area contributed by atoms with E-state index in [0.717, 1.165) is 6.42 Å². The molecule has 23 heavy (non-hydrogen) atoms. The minimum Gasteiger partial charge on any atom is -0.493 e. The molecule has 0 unspecified atom stereocenters. The summed E-state index contributed by atoms with van der Waals surface area (Å²) >= 11 is 0. The fourth-order valence-electron chi connectivity index (χ4n) is 2.51. The van der Waals surface area contributed by atoms with Crippen LogP contribution in [0.2, 0.25) is 0 Å². The number of anilines is 1. The Balaban J connectivity index is 1.97. The normalized spacial score (nSPS) is 10.3. The molecule has 2 aromatic carbocycles. The molecule has 0 atom stereocenters. The predicted octanol–water partition coefficient (Wildman–Crippen LogP) is 3.89. The van der Waals surface area contributed by atoms with Crippen molar-refractivity contribution in [3.05, 3.63) is 53.1 Å². The molecule has 0 aliphatic rings. The summed E-state index contributed by atoms with van der Waals surface area (Å²) in [6, 6.07) is 11.6. The largest absolute Gasteiger partial charge is 0.493 e. The number of methoxy groups -OCH3 is 2. The maximum atomic E-state index is 12.1. The van der Waals surface area contributed by atoms with E-state index in [1.54, 1.807) is 32.4 Å². The molecule has 0 aromatic heterocycles. The summed E-state index contributed by atoms with van der Waals surface area (Å²) in [5.41, 5.74) is 4.37. The molecule has 0 saturated carbocycles. The smallest absolute Gasteiger partial charge is 0.224 e. The second-order valence-corrected chi connectivity index (χ2v) is 5.55. The van der Waals surface area contributed by atoms with Crippen LogP contribution in [0, 0.1) is 13.8 Å². The molecule has 0 fully saturated rings. The number of rotatable bonds is 6. The average molecular weight is 313 g/mol. The van der Waals surface area contributed by atoms with Crippen LogP contribution in [0.1, 0.15) is 23.1 Å². The Morgan fingerprint density at radius 2 is 1.74 bits per heavy atom. The lowest BCUT2D eigenvalue weighted by atomic mass is 10.0. The van der Waals surface area contributed by atoms with Gasteiger partial charge in [-0.25, -0.2) is 0 Å². The Bertz CT molecular complexity index is 695. The SMILES string of the molecule is COc1ccc(NC(=O)CCc2ccc(C)cc2C)cc1OC. The van der Waals surface area contributed by atoms with Gasteiger partial charge in [0.2, 0.25) is 5.91 Å². The summed E-state index contributed by atoms with van der Waals surface area (Å²) in [6.45, 7) is 4.15. The zero-order valence-corrected chi connectivity index (χ0v) is 14.1. The molecule has 0 spiro atoms. The van der Waals surface area contributed by atoms with E-state index in [-0.39, 0.29) is 5.91 Å². The lowest BCUT2D eigenvalue weighted by Gasteiger charge is -2.11. The van der Waals surface area contributed by atoms with Crippen LogP contribution in [0.25, 0.3) is 0 Å². The Hall–Kier alpha value is -2.49. The third-order valence-electron chi connectivity index (χ3n) is 3.79. The van der Waals surface area contributed by atoms with E-state index >= 15 is 0 Å². The van der Waals surface area contributed by atoms with Crippen LogP contribution >= 0.6 is 0 Å². The zero-order valence-electron chi connectivity index (χ0n) is 14.1. The molecular weight excluding hydrogens is 290 g/mol. The molecule has 4 heteroatoms. The van der Waals surface area contributed by atoms with Crippen molar-refractivity contribution in [2.45, 2.75) is 26.7 Å². The van der Waals surface area contributed by atoms with Gasteiger partial charge in [-0.05, 0) is 43.5 Å². The van der Waals surface area contributed by atoms with Crippen molar-refractivity contribution < 1.29 is 14.3 Å². The summed E-state index contributed by atoms with van der Waals surface area (Å²) in [7, 11) is 3.16. The Kier molecular flexibility index (Phi) is 5.63. The van der Waals surface area contributed by atoms with Crippen molar-refractivity contribution in [1.82, 2.24) is 0 Å². The number of ether oxygens (including phenoxy) is 2. The van der Waals surface area contributed by atoms with Crippen LogP contribution in [0.15, 0.2) is 36.4 Å². The van der Waals surface area contributed by atoms with Crippen LogP contribution in [-0.4, -0.2) is 20.1 Å². The molecule has 1 amide bonds. The highest BCUT2D eigenvalue weighted by Crippen LogP contribution is 2.29. The summed E-state index contributed by atoms with van der Waals surface area (Å²) in [4.78, 5) is 12.1. The van der Waals surface area contributed by atoms with Gasteiger partial charge in [0.1, 0.15) is 0 Å². The van der Waals surface area contributed by atoms with Crippen LogP contribution in [0.5, 0.6) is 11.5 Å². The number of amides is 1. The Labute approximate surface area is 137 Å². The third kappa shape index (κ3) is 4.49. The molecule has 0 aliphatic carbocycles. The van der Waals surface area contributed by atoms with E-state index < -0.39 is 0 Å². The van der Waals surface area contributed by atoms with Gasteiger partial charge in [0.15, 0.2) is 11.5 Å². The van der Waals surface area contributed by atoms with Crippen molar-refractivity contribution in [3.8, 4) is 11.5 Å². The highest BCUT2D eigenvalue weighted by atomic mass is 16.5. The van der Waals surface area contributed by atoms with E-state index in [9.17, 15) is 4.79 Å². The van der Waals surface area contributed by atoms with Gasteiger partial charge in [-0.1, -0.05) is 23.8 Å². The zero-order chi connectivity index (χ0) is 16.8. The summed E-state index contributed by atoms with van der Waals surface area (Å²) in [5, 5.41) is 2.89. The molecule has 0 aliphatic heterocycles. The summed E-state index contributed by atoms with van der Waals surface area (Å²) in [6.07, 6.45) is 1.17. The van der Waals surface area contributed by atoms with Crippen molar-refractivity contribution in [2.24, 2.45) is 0 Å². The predicted molar refractivity (Wildman–Crippen MR) is 92.4 cm³/mol. The molecule has 122 valence electrons. The average Bonchev–Trinajstić information content (AvgIpc) is 2.54. The van der Waals surface area contributed by atoms with E-state index in [4.69, 9.17) is 9.47 Å². The standard InChI is InChI=1S/C19H23NO3/c1-13-5-6-15(14(2)11-13)7-10-19(21)20-16-8-9-17(22-3)18(12-16)23-4/h5-6,8-9,11-12H,7,10H2,1-4H3,(H,20,21). The fraction of sp³-hybridized carbons (Fsp3) is 0.316. The summed E-state index contributed by atoms with van der Waals surface area (Å²) in [5.74, 6) is 1.22. The lowest BCUT2D eigenvalue weighted by molar-refractivity contribution is -0.116. The minimum atomic E-state index is -0.0165. The number of aryl methyl sites for hydroxylation is 3. The van der Waals surface area contributed by atoms with Crippen LogP contribution in [0.3, 0.4) is 0 Å². The quantitative estimate of drug-likeness (QED) is 0.880. The molecule has 2 rings (SSSR count). The summed E-state index contributed by atoms with van der Waals surface area (Å²) < 4.78 is 10.4. The number of hydrogen-bond acceptors (Lipinski definition) is 3. The van der Waals surface area contributed by atoms with Gasteiger partial charge in [-0.15, -0.1) is 0 Å². The van der Waals surface area contributed by atoms with Crippen LogP contribution < -0.4 is 14.8 Å². The fourth-order valence-corrected chi connectivity index (χ4v) is 2.51. The monoisotopic (exact) mass is 313 g/mol. The first-order chi connectivity index (χ1) is 11.0. The van der Waals surface area contributed by atoms with Gasteiger partial charge < -0.3 is 14.8 Å². The maximum absolute atomic E-state index is 12.1. The number of nitrogens with one attached hydrogen (secondary N) is 1. The van der Waals surface area contributed by atoms with Gasteiger partial charge in [0.25, 0.3) is 0 Å². The second-order valence-electron chi connectivity index (χ2n) is 5.55. The van der Waals surface area contributed by atoms with Gasteiger partial charge in [0.05, 0.1) is 14.2 Å². The molecule has 0 saturated heterocycles. The minimum absolute atomic E-state index is 0.0165. The van der Waals surface area contributed by atoms with Crippen LogP contribution in [0.4, 0.5) is 5.69 Å². The Morgan fingerprint density at radius 3 is 2.39 bits per heavy atom. The highest BCUT2D eigenvalue weighted by molar-refractivity contribution is 5.91. The molecule has 0 bridgehead atoms. The number of benzene rings is 2. The van der Waals surface area contributed by atoms with Gasteiger partial charge >= 0.3 is 0 Å². The molecule has 1 N–H and O–H groups in total. The molecule has 2 aromatic rings. The van der Waals surface area contributed by atoms with Gasteiger partial charge in [-0.2, -0.15) is 0 Å². The molecule has 4 nitrogen and oxygen atoms in total. The molecule has 0 heterocycles. The van der Waals surface area contributed by atoms with E-state index in [0.29, 0.717) is 23.6 Å². The highest BCUT2D eigenvalue weighted by Gasteiger charge is 2.08. The first-order valence-electron chi connectivity index (χ1n) is 7.61. The number of carbonyl (C=O) groups excluding carboxylic acids is 1. The van der Waals surface area contributed by atoms with E-state index in [2.05, 4.69) is 37.4 Å². The van der Waals surface area contributed by atoms with Crippen molar-refractivity contribution >= 4 is 11.6 Å². The van der Waals surface area contributed by atoms with E-state index in [1.165, 1.54) is 16.7 Å².